The first-order valence-corrected chi connectivity index (χ1v) is 8.91. The summed E-state index contributed by atoms with van der Waals surface area (Å²) in [5.41, 5.74) is 6.30. The predicted octanol–water partition coefficient (Wildman–Crippen LogP) is 2.83. The minimum absolute atomic E-state index is 0. The first kappa shape index (κ1) is 23.0. The Hall–Kier alpha value is -0.0300. The van der Waals surface area contributed by atoms with Crippen LogP contribution in [-0.2, 0) is 4.79 Å². The zero-order valence-corrected chi connectivity index (χ0v) is 16.3. The topological polar surface area (TPSA) is 58.4 Å². The maximum absolute atomic E-state index is 12.4. The van der Waals surface area contributed by atoms with Gasteiger partial charge in [-0.15, -0.1) is 24.8 Å². The van der Waals surface area contributed by atoms with Crippen LogP contribution in [0.15, 0.2) is 0 Å². The first-order valence-electron chi connectivity index (χ1n) is 8.91. The molecule has 6 heteroatoms. The van der Waals surface area contributed by atoms with Crippen LogP contribution in [0.1, 0.15) is 52.4 Å². The first-order chi connectivity index (χ1) is 10.2. The highest BCUT2D eigenvalue weighted by atomic mass is 35.5. The van der Waals surface area contributed by atoms with E-state index in [-0.39, 0.29) is 36.6 Å². The molecule has 23 heavy (non-hydrogen) atoms. The van der Waals surface area contributed by atoms with Gasteiger partial charge in [-0.2, -0.15) is 0 Å². The van der Waals surface area contributed by atoms with Crippen molar-refractivity contribution in [3.05, 3.63) is 0 Å². The third-order valence-electron chi connectivity index (χ3n) is 5.50. The number of hydrogen-bond acceptors (Lipinski definition) is 3. The molecule has 0 spiro atoms. The van der Waals surface area contributed by atoms with Gasteiger partial charge < -0.3 is 16.0 Å². The monoisotopic (exact) mass is 367 g/mol. The molecule has 2 unspecified atom stereocenters. The van der Waals surface area contributed by atoms with Gasteiger partial charge in [0.1, 0.15) is 0 Å². The highest BCUT2D eigenvalue weighted by molar-refractivity contribution is 5.85. The van der Waals surface area contributed by atoms with Crippen LogP contribution in [0.4, 0.5) is 0 Å². The quantitative estimate of drug-likeness (QED) is 0.727. The summed E-state index contributed by atoms with van der Waals surface area (Å²) in [5.74, 6) is 1.65. The summed E-state index contributed by atoms with van der Waals surface area (Å²) in [6, 6.07) is 0.350. The van der Waals surface area contributed by atoms with E-state index in [1.807, 2.05) is 0 Å². The summed E-state index contributed by atoms with van der Waals surface area (Å²) in [6.45, 7) is 8.31. The van der Waals surface area contributed by atoms with Crippen molar-refractivity contribution in [3.8, 4) is 0 Å². The van der Waals surface area contributed by atoms with Crippen molar-refractivity contribution in [3.63, 3.8) is 0 Å². The van der Waals surface area contributed by atoms with Gasteiger partial charge in [0.05, 0.1) is 0 Å². The molecule has 2 bridgehead atoms. The smallest absolute Gasteiger partial charge is 0.223 e. The number of hydrogen-bond donors (Lipinski definition) is 2. The fourth-order valence-electron chi connectivity index (χ4n) is 4.23. The van der Waals surface area contributed by atoms with Gasteiger partial charge >= 0.3 is 0 Å². The number of nitrogens with zero attached hydrogens (tertiary/aromatic N) is 1. The van der Waals surface area contributed by atoms with Crippen molar-refractivity contribution in [1.29, 1.82) is 0 Å². The third kappa shape index (κ3) is 6.41. The van der Waals surface area contributed by atoms with E-state index < -0.39 is 0 Å². The fraction of sp³-hybridized carbons (Fsp3) is 0.941. The van der Waals surface area contributed by atoms with Gasteiger partial charge in [0.15, 0.2) is 0 Å². The molecule has 2 aliphatic rings. The molecule has 1 amide bonds. The fourth-order valence-corrected chi connectivity index (χ4v) is 4.23. The lowest BCUT2D eigenvalue weighted by atomic mass is 9.65. The van der Waals surface area contributed by atoms with Crippen molar-refractivity contribution in [2.24, 2.45) is 23.5 Å². The van der Waals surface area contributed by atoms with Gasteiger partial charge in [-0.05, 0) is 57.0 Å². The van der Waals surface area contributed by atoms with Gasteiger partial charge in [0.2, 0.25) is 5.91 Å². The number of halogens is 2. The molecule has 0 aliphatic heterocycles. The average Bonchev–Trinajstić information content (AvgIpc) is 2.45. The summed E-state index contributed by atoms with van der Waals surface area (Å²) in [5, 5.41) is 3.16. The molecule has 2 fully saturated rings. The number of carbonyl (C=O) groups is 1. The van der Waals surface area contributed by atoms with Gasteiger partial charge in [-0.3, -0.25) is 4.79 Å². The molecular formula is C17H35Cl2N3O. The van der Waals surface area contributed by atoms with E-state index >= 15 is 0 Å². The van der Waals surface area contributed by atoms with Gasteiger partial charge in [-0.25, -0.2) is 0 Å². The van der Waals surface area contributed by atoms with E-state index in [9.17, 15) is 4.79 Å². The average molecular weight is 368 g/mol. The maximum Gasteiger partial charge on any atom is 0.223 e. The molecule has 2 aliphatic carbocycles. The number of carbonyl (C=O) groups excluding carboxylic acids is 1. The second kappa shape index (κ2) is 11.5. The normalized spacial score (nSPS) is 29.4. The molecule has 138 valence electrons. The molecule has 2 atom stereocenters. The Bertz CT molecular complexity index is 330. The summed E-state index contributed by atoms with van der Waals surface area (Å²) < 4.78 is 0. The molecule has 0 aromatic carbocycles. The van der Waals surface area contributed by atoms with Crippen LogP contribution in [0, 0.1) is 17.8 Å². The molecule has 0 radical (unpaired) electrons. The van der Waals surface area contributed by atoms with E-state index in [4.69, 9.17) is 5.73 Å². The van der Waals surface area contributed by atoms with E-state index in [0.717, 1.165) is 39.0 Å². The Kier molecular flexibility index (Phi) is 11.5. The minimum atomic E-state index is 0. The van der Waals surface area contributed by atoms with Crippen LogP contribution in [0.25, 0.3) is 0 Å². The number of amides is 1. The standard InChI is InChI=1S/C17H33N3O.2ClH/c1-3-9-20(4-2)10-8-19-17(21)15-11-13-6-5-7-14(12-15)16(13)18;;/h13-16H,3-12,18H2,1-2H3,(H,19,21);2*1H. The third-order valence-corrected chi connectivity index (χ3v) is 5.50. The maximum atomic E-state index is 12.4. The zero-order chi connectivity index (χ0) is 15.2. The Morgan fingerprint density at radius 1 is 1.13 bits per heavy atom. The summed E-state index contributed by atoms with van der Waals surface area (Å²) >= 11 is 0. The molecule has 3 N–H and O–H groups in total. The van der Waals surface area contributed by atoms with Crippen LogP contribution < -0.4 is 11.1 Å². The molecule has 2 saturated carbocycles. The SMILES string of the molecule is CCCN(CC)CCNC(=O)C1CC2CCCC(C1)C2N.Cl.Cl. The van der Waals surface area contributed by atoms with E-state index in [1.54, 1.807) is 0 Å². The van der Waals surface area contributed by atoms with Crippen molar-refractivity contribution >= 4 is 30.7 Å². The molecule has 0 aromatic heterocycles. The van der Waals surface area contributed by atoms with E-state index in [1.165, 1.54) is 25.7 Å². The van der Waals surface area contributed by atoms with Crippen molar-refractivity contribution in [2.45, 2.75) is 58.4 Å². The highest BCUT2D eigenvalue weighted by Crippen LogP contribution is 2.41. The van der Waals surface area contributed by atoms with Gasteiger partial charge in [0.25, 0.3) is 0 Å². The van der Waals surface area contributed by atoms with E-state index in [2.05, 4.69) is 24.1 Å². The molecule has 0 saturated heterocycles. The van der Waals surface area contributed by atoms with Gasteiger partial charge in [0, 0.05) is 25.0 Å². The Morgan fingerprint density at radius 3 is 2.26 bits per heavy atom. The second-order valence-corrected chi connectivity index (χ2v) is 6.92. The van der Waals surface area contributed by atoms with Crippen molar-refractivity contribution in [1.82, 2.24) is 10.2 Å². The van der Waals surface area contributed by atoms with Crippen LogP contribution in [0.5, 0.6) is 0 Å². The summed E-state index contributed by atoms with van der Waals surface area (Å²) in [7, 11) is 0. The Morgan fingerprint density at radius 2 is 1.74 bits per heavy atom. The number of nitrogens with two attached hydrogens (primary N) is 1. The number of fused-ring (bicyclic) bond motifs is 2. The molecule has 0 aromatic rings. The summed E-state index contributed by atoms with van der Waals surface area (Å²) in [6.07, 6.45) is 6.94. The number of nitrogens with one attached hydrogen (secondary N) is 1. The Balaban J connectivity index is 0.00000242. The lowest BCUT2D eigenvalue weighted by Gasteiger charge is -2.43. The summed E-state index contributed by atoms with van der Waals surface area (Å²) in [4.78, 5) is 14.8. The zero-order valence-electron chi connectivity index (χ0n) is 14.6. The molecule has 2 rings (SSSR count). The van der Waals surface area contributed by atoms with Crippen LogP contribution in [0.2, 0.25) is 0 Å². The van der Waals surface area contributed by atoms with Crippen molar-refractivity contribution in [2.75, 3.05) is 26.2 Å². The van der Waals surface area contributed by atoms with Crippen molar-refractivity contribution < 1.29 is 4.79 Å². The largest absolute Gasteiger partial charge is 0.355 e. The lowest BCUT2D eigenvalue weighted by Crippen LogP contribution is -2.49. The predicted molar refractivity (Wildman–Crippen MR) is 101 cm³/mol. The van der Waals surface area contributed by atoms with Crippen LogP contribution in [0.3, 0.4) is 0 Å². The molecule has 4 nitrogen and oxygen atoms in total. The van der Waals surface area contributed by atoms with Crippen LogP contribution in [-0.4, -0.2) is 43.0 Å². The van der Waals surface area contributed by atoms with E-state index in [0.29, 0.717) is 17.9 Å². The minimum Gasteiger partial charge on any atom is -0.355 e. The van der Waals surface area contributed by atoms with Crippen LogP contribution >= 0.6 is 24.8 Å². The number of rotatable bonds is 7. The molecule has 0 heterocycles. The highest BCUT2D eigenvalue weighted by Gasteiger charge is 2.40. The Labute approximate surface area is 154 Å². The molecular weight excluding hydrogens is 333 g/mol. The lowest BCUT2D eigenvalue weighted by molar-refractivity contribution is -0.127. The second-order valence-electron chi connectivity index (χ2n) is 6.92. The van der Waals surface area contributed by atoms with Gasteiger partial charge in [-0.1, -0.05) is 20.3 Å². The number of likely N-dealkylation sites (N-methyl/N-ethyl adjacent to an activating group) is 1.